The van der Waals surface area contributed by atoms with E-state index in [9.17, 15) is 0 Å². The van der Waals surface area contributed by atoms with E-state index < -0.39 is 0 Å². The van der Waals surface area contributed by atoms with Crippen molar-refractivity contribution < 1.29 is 0 Å². The van der Waals surface area contributed by atoms with Crippen LogP contribution in [0.25, 0.3) is 0 Å². The van der Waals surface area contributed by atoms with Crippen LogP contribution in [0.15, 0.2) is 24.3 Å². The summed E-state index contributed by atoms with van der Waals surface area (Å²) in [6.07, 6.45) is 3.83. The molecule has 1 aliphatic rings. The molecule has 94 valence electrons. The predicted molar refractivity (Wildman–Crippen MR) is 72.8 cm³/mol. The van der Waals surface area contributed by atoms with Gasteiger partial charge in [-0.2, -0.15) is 0 Å². The van der Waals surface area contributed by atoms with Gasteiger partial charge in [-0.15, -0.1) is 0 Å². The number of aryl methyl sites for hydroxylation is 1. The zero-order valence-corrected chi connectivity index (χ0v) is 11.0. The number of nitrogens with two attached hydrogens (primary N) is 1. The molecule has 0 heterocycles. The third-order valence-electron chi connectivity index (χ3n) is 3.84. The zero-order valence-electron chi connectivity index (χ0n) is 11.0. The molecule has 2 N–H and O–H groups in total. The van der Waals surface area contributed by atoms with E-state index in [4.69, 9.17) is 5.73 Å². The second-order valence-corrected chi connectivity index (χ2v) is 5.54. The fourth-order valence-corrected chi connectivity index (χ4v) is 2.76. The predicted octanol–water partition coefficient (Wildman–Crippen LogP) is 2.55. The van der Waals surface area contributed by atoms with Crippen molar-refractivity contribution in [1.82, 2.24) is 4.90 Å². The Kier molecular flexibility index (Phi) is 4.19. The van der Waals surface area contributed by atoms with Crippen molar-refractivity contribution in [3.05, 3.63) is 35.4 Å². The van der Waals surface area contributed by atoms with Crippen LogP contribution in [0.2, 0.25) is 0 Å². The smallest absolute Gasteiger partial charge is 0.0230 e. The Morgan fingerprint density at radius 3 is 2.53 bits per heavy atom. The van der Waals surface area contributed by atoms with Crippen molar-refractivity contribution in [2.75, 3.05) is 13.6 Å². The largest absolute Gasteiger partial charge is 0.327 e. The standard InChI is InChI=1S/C15H24N2/c1-12-6-8-13(9-7-12)10-17(2)11-14-4-3-5-15(14)16/h6-9,14-15H,3-5,10-11,16H2,1-2H3. The van der Waals surface area contributed by atoms with Crippen molar-refractivity contribution >= 4 is 0 Å². The number of hydrogen-bond donors (Lipinski definition) is 1. The van der Waals surface area contributed by atoms with Crippen LogP contribution in [0, 0.1) is 12.8 Å². The van der Waals surface area contributed by atoms with Gasteiger partial charge >= 0.3 is 0 Å². The Balaban J connectivity index is 1.84. The van der Waals surface area contributed by atoms with E-state index in [0.29, 0.717) is 12.0 Å². The van der Waals surface area contributed by atoms with Crippen molar-refractivity contribution in [2.45, 2.75) is 38.8 Å². The van der Waals surface area contributed by atoms with Crippen LogP contribution >= 0.6 is 0 Å². The van der Waals surface area contributed by atoms with Crippen LogP contribution in [0.3, 0.4) is 0 Å². The second-order valence-electron chi connectivity index (χ2n) is 5.54. The molecule has 1 aliphatic carbocycles. The minimum Gasteiger partial charge on any atom is -0.327 e. The lowest BCUT2D eigenvalue weighted by atomic mass is 10.0. The Labute approximate surface area is 105 Å². The highest BCUT2D eigenvalue weighted by Gasteiger charge is 2.24. The average Bonchev–Trinajstić information content (AvgIpc) is 2.68. The van der Waals surface area contributed by atoms with Gasteiger partial charge in [0.1, 0.15) is 0 Å². The van der Waals surface area contributed by atoms with Crippen LogP contribution in [0.4, 0.5) is 0 Å². The second kappa shape index (κ2) is 5.65. The van der Waals surface area contributed by atoms with Gasteiger partial charge in [0.2, 0.25) is 0 Å². The summed E-state index contributed by atoms with van der Waals surface area (Å²) in [6, 6.07) is 9.24. The maximum atomic E-state index is 6.11. The van der Waals surface area contributed by atoms with Crippen molar-refractivity contribution in [3.8, 4) is 0 Å². The minimum absolute atomic E-state index is 0.426. The normalized spacial score (nSPS) is 24.5. The van der Waals surface area contributed by atoms with E-state index in [1.54, 1.807) is 0 Å². The maximum Gasteiger partial charge on any atom is 0.0230 e. The lowest BCUT2D eigenvalue weighted by Gasteiger charge is -2.23. The third-order valence-corrected chi connectivity index (χ3v) is 3.84. The van der Waals surface area contributed by atoms with Crippen LogP contribution in [0.1, 0.15) is 30.4 Å². The third kappa shape index (κ3) is 3.55. The Morgan fingerprint density at radius 1 is 1.24 bits per heavy atom. The molecule has 0 amide bonds. The average molecular weight is 232 g/mol. The molecule has 2 rings (SSSR count). The first kappa shape index (κ1) is 12.6. The summed E-state index contributed by atoms with van der Waals surface area (Å²) in [5, 5.41) is 0. The van der Waals surface area contributed by atoms with E-state index in [0.717, 1.165) is 13.1 Å². The molecule has 0 aliphatic heterocycles. The first-order valence-electron chi connectivity index (χ1n) is 6.65. The molecule has 2 heteroatoms. The lowest BCUT2D eigenvalue weighted by molar-refractivity contribution is 0.259. The first-order chi connectivity index (χ1) is 8.15. The van der Waals surface area contributed by atoms with Crippen molar-refractivity contribution in [1.29, 1.82) is 0 Å². The van der Waals surface area contributed by atoms with Gasteiger partial charge < -0.3 is 10.6 Å². The quantitative estimate of drug-likeness (QED) is 0.864. The van der Waals surface area contributed by atoms with Gasteiger partial charge in [0.15, 0.2) is 0 Å². The van der Waals surface area contributed by atoms with E-state index in [1.165, 1.54) is 30.4 Å². The molecule has 0 saturated heterocycles. The van der Waals surface area contributed by atoms with Gasteiger partial charge in [-0.1, -0.05) is 36.2 Å². The molecule has 1 fully saturated rings. The Hall–Kier alpha value is -0.860. The molecule has 17 heavy (non-hydrogen) atoms. The highest BCUT2D eigenvalue weighted by Crippen LogP contribution is 2.24. The molecular weight excluding hydrogens is 208 g/mol. The summed E-state index contributed by atoms with van der Waals surface area (Å²) >= 11 is 0. The van der Waals surface area contributed by atoms with Crippen molar-refractivity contribution in [3.63, 3.8) is 0 Å². The molecule has 0 bridgehead atoms. The summed E-state index contributed by atoms with van der Waals surface area (Å²) in [6.45, 7) is 4.30. The summed E-state index contributed by atoms with van der Waals surface area (Å²) in [7, 11) is 2.20. The Morgan fingerprint density at radius 2 is 1.94 bits per heavy atom. The number of rotatable bonds is 4. The van der Waals surface area contributed by atoms with Gasteiger partial charge in [0.25, 0.3) is 0 Å². The summed E-state index contributed by atoms with van der Waals surface area (Å²) in [5.41, 5.74) is 8.84. The highest BCUT2D eigenvalue weighted by atomic mass is 15.1. The van der Waals surface area contributed by atoms with Gasteiger partial charge in [-0.25, -0.2) is 0 Å². The van der Waals surface area contributed by atoms with Crippen LogP contribution in [-0.2, 0) is 6.54 Å². The molecule has 2 nitrogen and oxygen atoms in total. The lowest BCUT2D eigenvalue weighted by Crippen LogP contribution is -2.34. The van der Waals surface area contributed by atoms with Crippen LogP contribution < -0.4 is 5.73 Å². The molecule has 2 atom stereocenters. The monoisotopic (exact) mass is 232 g/mol. The van der Waals surface area contributed by atoms with Crippen molar-refractivity contribution in [2.24, 2.45) is 11.7 Å². The molecule has 0 spiro atoms. The van der Waals surface area contributed by atoms with E-state index >= 15 is 0 Å². The summed E-state index contributed by atoms with van der Waals surface area (Å²) < 4.78 is 0. The van der Waals surface area contributed by atoms with E-state index in [2.05, 4.69) is 43.1 Å². The SMILES string of the molecule is Cc1ccc(CN(C)CC2CCCC2N)cc1. The molecule has 0 aromatic heterocycles. The van der Waals surface area contributed by atoms with Gasteiger partial charge in [-0.05, 0) is 38.3 Å². The fraction of sp³-hybridized carbons (Fsp3) is 0.600. The van der Waals surface area contributed by atoms with E-state index in [-0.39, 0.29) is 0 Å². The number of benzene rings is 1. The zero-order chi connectivity index (χ0) is 12.3. The molecular formula is C15H24N2. The van der Waals surface area contributed by atoms with Gasteiger partial charge in [-0.3, -0.25) is 0 Å². The number of nitrogens with zero attached hydrogens (tertiary/aromatic N) is 1. The molecule has 0 radical (unpaired) electrons. The van der Waals surface area contributed by atoms with Crippen LogP contribution in [0.5, 0.6) is 0 Å². The van der Waals surface area contributed by atoms with E-state index in [1.807, 2.05) is 0 Å². The minimum atomic E-state index is 0.426. The topological polar surface area (TPSA) is 29.3 Å². The maximum absolute atomic E-state index is 6.11. The van der Waals surface area contributed by atoms with Crippen LogP contribution in [-0.4, -0.2) is 24.5 Å². The fourth-order valence-electron chi connectivity index (χ4n) is 2.76. The number of hydrogen-bond acceptors (Lipinski definition) is 2. The molecule has 1 saturated carbocycles. The van der Waals surface area contributed by atoms with Gasteiger partial charge in [0, 0.05) is 19.1 Å². The Bertz CT molecular complexity index is 344. The molecule has 1 aromatic carbocycles. The first-order valence-corrected chi connectivity index (χ1v) is 6.65. The molecule has 1 aromatic rings. The summed E-state index contributed by atoms with van der Waals surface area (Å²) in [5.74, 6) is 0.699. The summed E-state index contributed by atoms with van der Waals surface area (Å²) in [4.78, 5) is 2.40. The van der Waals surface area contributed by atoms with Gasteiger partial charge in [0.05, 0.1) is 0 Å². The highest BCUT2D eigenvalue weighted by molar-refractivity contribution is 5.21. The molecule has 2 unspecified atom stereocenters.